The smallest absolute Gasteiger partial charge is 0.127 e. The van der Waals surface area contributed by atoms with Crippen molar-refractivity contribution in [1.82, 2.24) is 14.9 Å². The maximum absolute atomic E-state index is 4.40. The Balaban J connectivity index is 1.72. The molecule has 1 aromatic carbocycles. The van der Waals surface area contributed by atoms with Gasteiger partial charge in [-0.05, 0) is 24.5 Å². The molecule has 1 saturated carbocycles. The molecular weight excluding hydrogens is 248 g/mol. The van der Waals surface area contributed by atoms with E-state index in [1.165, 1.54) is 24.1 Å². The highest BCUT2D eigenvalue weighted by atomic mass is 15.2. The highest BCUT2D eigenvalue weighted by Crippen LogP contribution is 2.23. The Morgan fingerprint density at radius 2 is 2.15 bits per heavy atom. The van der Waals surface area contributed by atoms with Crippen molar-refractivity contribution in [2.24, 2.45) is 7.05 Å². The van der Waals surface area contributed by atoms with Gasteiger partial charge in [0.25, 0.3) is 0 Å². The van der Waals surface area contributed by atoms with Gasteiger partial charge in [-0.2, -0.15) is 0 Å². The third-order valence-corrected chi connectivity index (χ3v) is 3.86. The number of hydrogen-bond donors (Lipinski definition) is 1. The summed E-state index contributed by atoms with van der Waals surface area (Å²) < 4.78 is 2.07. The molecule has 1 aromatic heterocycles. The molecule has 0 unspecified atom stereocenters. The quantitative estimate of drug-likeness (QED) is 0.874. The summed E-state index contributed by atoms with van der Waals surface area (Å²) in [5, 5.41) is 3.59. The standard InChI is InChI=1S/C16H22N4/c1-19-10-9-17-16(19)12-20(2)15-6-4-3-5-13(15)11-18-14-7-8-14/h3-6,9-10,14,18H,7-8,11-12H2,1-2H3. The molecule has 1 N–H and O–H groups in total. The van der Waals surface area contributed by atoms with E-state index in [2.05, 4.69) is 51.1 Å². The van der Waals surface area contributed by atoms with Gasteiger partial charge in [-0.1, -0.05) is 18.2 Å². The molecule has 0 saturated heterocycles. The number of benzene rings is 1. The van der Waals surface area contributed by atoms with Gasteiger partial charge in [-0.15, -0.1) is 0 Å². The number of aryl methyl sites for hydroxylation is 1. The average molecular weight is 270 g/mol. The van der Waals surface area contributed by atoms with Gasteiger partial charge in [0.1, 0.15) is 5.82 Å². The first-order chi connectivity index (χ1) is 9.74. The van der Waals surface area contributed by atoms with Crippen LogP contribution in [0.2, 0.25) is 0 Å². The summed E-state index contributed by atoms with van der Waals surface area (Å²) in [7, 11) is 4.17. The molecule has 1 fully saturated rings. The molecular formula is C16H22N4. The molecule has 0 spiro atoms. The maximum Gasteiger partial charge on any atom is 0.127 e. The zero-order chi connectivity index (χ0) is 13.9. The number of para-hydroxylation sites is 1. The lowest BCUT2D eigenvalue weighted by Gasteiger charge is -2.22. The minimum Gasteiger partial charge on any atom is -0.367 e. The van der Waals surface area contributed by atoms with Crippen molar-refractivity contribution in [2.45, 2.75) is 32.0 Å². The van der Waals surface area contributed by atoms with Crippen LogP contribution in [0.5, 0.6) is 0 Å². The molecule has 1 aliphatic rings. The largest absolute Gasteiger partial charge is 0.367 e. The molecule has 0 amide bonds. The topological polar surface area (TPSA) is 33.1 Å². The van der Waals surface area contributed by atoms with E-state index in [9.17, 15) is 0 Å². The normalized spacial score (nSPS) is 14.5. The van der Waals surface area contributed by atoms with Crippen LogP contribution in [0.1, 0.15) is 24.2 Å². The molecule has 106 valence electrons. The zero-order valence-corrected chi connectivity index (χ0v) is 12.2. The molecule has 1 aliphatic carbocycles. The summed E-state index contributed by atoms with van der Waals surface area (Å²) in [6.07, 6.45) is 6.49. The van der Waals surface area contributed by atoms with Gasteiger partial charge in [0.15, 0.2) is 0 Å². The Labute approximate surface area is 120 Å². The second-order valence-corrected chi connectivity index (χ2v) is 5.59. The van der Waals surface area contributed by atoms with Crippen molar-refractivity contribution >= 4 is 5.69 Å². The van der Waals surface area contributed by atoms with Crippen molar-refractivity contribution in [3.63, 3.8) is 0 Å². The first-order valence-corrected chi connectivity index (χ1v) is 7.22. The highest BCUT2D eigenvalue weighted by Gasteiger charge is 2.20. The summed E-state index contributed by atoms with van der Waals surface area (Å²) >= 11 is 0. The minimum atomic E-state index is 0.739. The number of imidazole rings is 1. The van der Waals surface area contributed by atoms with Crippen LogP contribution in [-0.2, 0) is 20.1 Å². The Kier molecular flexibility index (Phi) is 3.74. The molecule has 20 heavy (non-hydrogen) atoms. The van der Waals surface area contributed by atoms with Crippen molar-refractivity contribution in [2.75, 3.05) is 11.9 Å². The fraction of sp³-hybridized carbons (Fsp3) is 0.438. The van der Waals surface area contributed by atoms with Crippen molar-refractivity contribution in [1.29, 1.82) is 0 Å². The van der Waals surface area contributed by atoms with E-state index in [-0.39, 0.29) is 0 Å². The molecule has 4 heteroatoms. The Morgan fingerprint density at radius 3 is 2.85 bits per heavy atom. The highest BCUT2D eigenvalue weighted by molar-refractivity contribution is 5.53. The molecule has 2 aromatic rings. The van der Waals surface area contributed by atoms with Crippen LogP contribution < -0.4 is 10.2 Å². The van der Waals surface area contributed by atoms with Crippen molar-refractivity contribution < 1.29 is 0 Å². The number of aromatic nitrogens is 2. The third-order valence-electron chi connectivity index (χ3n) is 3.86. The van der Waals surface area contributed by atoms with Gasteiger partial charge in [0, 0.05) is 44.8 Å². The lowest BCUT2D eigenvalue weighted by molar-refractivity contribution is 0.683. The van der Waals surface area contributed by atoms with Crippen molar-refractivity contribution in [3.8, 4) is 0 Å². The fourth-order valence-corrected chi connectivity index (χ4v) is 2.42. The molecule has 0 radical (unpaired) electrons. The average Bonchev–Trinajstić information content (AvgIpc) is 3.21. The fourth-order valence-electron chi connectivity index (χ4n) is 2.42. The van der Waals surface area contributed by atoms with Gasteiger partial charge in [-0.25, -0.2) is 4.98 Å². The van der Waals surface area contributed by atoms with Crippen molar-refractivity contribution in [3.05, 3.63) is 48.0 Å². The minimum absolute atomic E-state index is 0.739. The van der Waals surface area contributed by atoms with E-state index in [0.29, 0.717) is 0 Å². The van der Waals surface area contributed by atoms with Crippen LogP contribution in [0.25, 0.3) is 0 Å². The predicted molar refractivity (Wildman–Crippen MR) is 81.6 cm³/mol. The number of nitrogens with one attached hydrogen (secondary N) is 1. The van der Waals surface area contributed by atoms with E-state index >= 15 is 0 Å². The first kappa shape index (κ1) is 13.2. The van der Waals surface area contributed by atoms with Crippen LogP contribution in [-0.4, -0.2) is 22.6 Å². The molecule has 4 nitrogen and oxygen atoms in total. The van der Waals surface area contributed by atoms with Crippen LogP contribution in [0.3, 0.4) is 0 Å². The molecule has 0 aliphatic heterocycles. The van der Waals surface area contributed by atoms with E-state index in [4.69, 9.17) is 0 Å². The lowest BCUT2D eigenvalue weighted by atomic mass is 10.1. The Morgan fingerprint density at radius 1 is 1.35 bits per heavy atom. The van der Waals surface area contributed by atoms with Crippen LogP contribution in [0.15, 0.2) is 36.7 Å². The molecule has 3 rings (SSSR count). The van der Waals surface area contributed by atoms with Gasteiger partial charge < -0.3 is 14.8 Å². The Hall–Kier alpha value is -1.81. The van der Waals surface area contributed by atoms with Gasteiger partial charge >= 0.3 is 0 Å². The summed E-state index contributed by atoms with van der Waals surface area (Å²) in [6.45, 7) is 1.77. The summed E-state index contributed by atoms with van der Waals surface area (Å²) in [5.74, 6) is 1.08. The number of nitrogens with zero attached hydrogens (tertiary/aromatic N) is 3. The van der Waals surface area contributed by atoms with Crippen LogP contribution in [0, 0.1) is 0 Å². The third kappa shape index (κ3) is 3.02. The summed E-state index contributed by atoms with van der Waals surface area (Å²) in [4.78, 5) is 6.67. The molecule has 0 atom stereocenters. The predicted octanol–water partition coefficient (Wildman–Crippen LogP) is 2.31. The van der Waals surface area contributed by atoms with E-state index in [0.717, 1.165) is 25.0 Å². The second-order valence-electron chi connectivity index (χ2n) is 5.59. The van der Waals surface area contributed by atoms with E-state index < -0.39 is 0 Å². The van der Waals surface area contributed by atoms with Crippen LogP contribution >= 0.6 is 0 Å². The summed E-state index contributed by atoms with van der Waals surface area (Å²) in [6, 6.07) is 9.35. The Bertz CT molecular complexity index is 571. The zero-order valence-electron chi connectivity index (χ0n) is 12.2. The van der Waals surface area contributed by atoms with Gasteiger partial charge in [-0.3, -0.25) is 0 Å². The van der Waals surface area contributed by atoms with Crippen LogP contribution in [0.4, 0.5) is 5.69 Å². The number of hydrogen-bond acceptors (Lipinski definition) is 3. The second kappa shape index (κ2) is 5.67. The molecule has 0 bridgehead atoms. The number of anilines is 1. The maximum atomic E-state index is 4.40. The van der Waals surface area contributed by atoms with Gasteiger partial charge in [0.05, 0.1) is 6.54 Å². The van der Waals surface area contributed by atoms with E-state index in [1.807, 2.05) is 19.4 Å². The molecule has 1 heterocycles. The lowest BCUT2D eigenvalue weighted by Crippen LogP contribution is -2.22. The monoisotopic (exact) mass is 270 g/mol. The summed E-state index contributed by atoms with van der Waals surface area (Å²) in [5.41, 5.74) is 2.64. The number of rotatable bonds is 6. The van der Waals surface area contributed by atoms with Gasteiger partial charge in [0.2, 0.25) is 0 Å². The first-order valence-electron chi connectivity index (χ1n) is 7.22. The van der Waals surface area contributed by atoms with E-state index in [1.54, 1.807) is 0 Å². The SMILES string of the molecule is CN(Cc1nccn1C)c1ccccc1CNC1CC1.